The number of rotatable bonds is 3. The SMILES string of the molecule is CC(C)c1cc(C(C)C)c(C(=O)O)c(C(Cl)(Cl)Cl)c1. The minimum Gasteiger partial charge on any atom is -0.478 e. The summed E-state index contributed by atoms with van der Waals surface area (Å²) < 4.78 is -1.75. The Hall–Kier alpha value is -0.440. The highest BCUT2D eigenvalue weighted by Crippen LogP contribution is 2.43. The summed E-state index contributed by atoms with van der Waals surface area (Å²) >= 11 is 17.8. The molecule has 0 radical (unpaired) electrons. The summed E-state index contributed by atoms with van der Waals surface area (Å²) in [7, 11) is 0. The Balaban J connectivity index is 3.71. The van der Waals surface area contributed by atoms with E-state index < -0.39 is 9.76 Å². The smallest absolute Gasteiger partial charge is 0.336 e. The van der Waals surface area contributed by atoms with Gasteiger partial charge in [0.05, 0.1) is 5.56 Å². The Morgan fingerprint density at radius 1 is 1.11 bits per heavy atom. The highest BCUT2D eigenvalue weighted by Gasteiger charge is 2.32. The molecule has 0 saturated carbocycles. The third-order valence-corrected chi connectivity index (χ3v) is 3.61. The average Bonchev–Trinajstić information content (AvgIpc) is 2.25. The summed E-state index contributed by atoms with van der Waals surface area (Å²) in [5, 5.41) is 9.41. The van der Waals surface area contributed by atoms with Crippen LogP contribution >= 0.6 is 34.8 Å². The van der Waals surface area contributed by atoms with Crippen molar-refractivity contribution in [2.45, 2.75) is 43.3 Å². The molecule has 0 fully saturated rings. The van der Waals surface area contributed by atoms with E-state index in [0.29, 0.717) is 5.56 Å². The first kappa shape index (κ1) is 16.6. The molecular weight excluding hydrogens is 307 g/mol. The Morgan fingerprint density at radius 3 is 1.95 bits per heavy atom. The quantitative estimate of drug-likeness (QED) is 0.750. The molecule has 0 atom stereocenters. The Morgan fingerprint density at radius 2 is 1.63 bits per heavy atom. The molecule has 0 aliphatic carbocycles. The second-order valence-corrected chi connectivity index (χ2v) is 7.43. The molecule has 0 aliphatic rings. The van der Waals surface area contributed by atoms with Crippen molar-refractivity contribution in [2.75, 3.05) is 0 Å². The predicted octanol–water partition coefficient (Wildman–Crippen LogP) is 5.46. The van der Waals surface area contributed by atoms with Crippen LogP contribution in [0.4, 0.5) is 0 Å². The Bertz CT molecular complexity index is 488. The maximum atomic E-state index is 11.5. The first-order chi connectivity index (χ1) is 8.55. The van der Waals surface area contributed by atoms with E-state index in [9.17, 15) is 9.90 Å². The van der Waals surface area contributed by atoms with Gasteiger partial charge in [-0.2, -0.15) is 0 Å². The van der Waals surface area contributed by atoms with Crippen LogP contribution in [0.15, 0.2) is 12.1 Å². The number of benzene rings is 1. The first-order valence-corrected chi connectivity index (χ1v) is 7.17. The van der Waals surface area contributed by atoms with Crippen molar-refractivity contribution < 1.29 is 9.90 Å². The van der Waals surface area contributed by atoms with E-state index in [1.165, 1.54) is 0 Å². The van der Waals surface area contributed by atoms with Crippen LogP contribution in [0.1, 0.15) is 66.6 Å². The lowest BCUT2D eigenvalue weighted by Crippen LogP contribution is -2.15. The third kappa shape index (κ3) is 3.77. The van der Waals surface area contributed by atoms with Gasteiger partial charge in [0.15, 0.2) is 0 Å². The molecule has 2 nitrogen and oxygen atoms in total. The minimum atomic E-state index is -1.75. The zero-order chi connectivity index (χ0) is 15.0. The zero-order valence-electron chi connectivity index (χ0n) is 11.3. The molecule has 5 heteroatoms. The molecule has 1 N–H and O–H groups in total. The molecule has 0 spiro atoms. The van der Waals surface area contributed by atoms with Crippen LogP contribution in [0, 0.1) is 0 Å². The topological polar surface area (TPSA) is 37.3 Å². The van der Waals surface area contributed by atoms with Gasteiger partial charge in [0.2, 0.25) is 3.79 Å². The molecule has 0 heterocycles. The second kappa shape index (κ2) is 5.90. The molecule has 0 unspecified atom stereocenters. The van der Waals surface area contributed by atoms with Gasteiger partial charge in [-0.3, -0.25) is 0 Å². The van der Waals surface area contributed by atoms with Crippen molar-refractivity contribution in [3.63, 3.8) is 0 Å². The van der Waals surface area contributed by atoms with Crippen LogP contribution in [0.2, 0.25) is 0 Å². The van der Waals surface area contributed by atoms with Gasteiger partial charge in [0, 0.05) is 5.56 Å². The number of carboxylic acids is 1. The molecule has 0 saturated heterocycles. The number of hydrogen-bond acceptors (Lipinski definition) is 1. The van der Waals surface area contributed by atoms with E-state index in [4.69, 9.17) is 34.8 Å². The van der Waals surface area contributed by atoms with Crippen molar-refractivity contribution in [1.82, 2.24) is 0 Å². The number of carboxylic acid groups (broad SMARTS) is 1. The molecule has 0 aromatic heterocycles. The van der Waals surface area contributed by atoms with Gasteiger partial charge in [-0.05, 0) is 23.0 Å². The fraction of sp³-hybridized carbons (Fsp3) is 0.500. The maximum Gasteiger partial charge on any atom is 0.336 e. The third-order valence-electron chi connectivity index (χ3n) is 3.00. The van der Waals surface area contributed by atoms with Crippen LogP contribution in [-0.4, -0.2) is 11.1 Å². The van der Waals surface area contributed by atoms with E-state index in [1.54, 1.807) is 6.07 Å². The van der Waals surface area contributed by atoms with Crippen molar-refractivity contribution in [3.8, 4) is 0 Å². The van der Waals surface area contributed by atoms with E-state index in [-0.39, 0.29) is 23.0 Å². The zero-order valence-corrected chi connectivity index (χ0v) is 13.6. The van der Waals surface area contributed by atoms with Gasteiger partial charge in [-0.1, -0.05) is 74.6 Å². The molecule has 106 valence electrons. The summed E-state index contributed by atoms with van der Waals surface area (Å²) in [6.45, 7) is 7.88. The van der Waals surface area contributed by atoms with Crippen LogP contribution in [0.5, 0.6) is 0 Å². The fourth-order valence-corrected chi connectivity index (χ4v) is 2.39. The van der Waals surface area contributed by atoms with Crippen molar-refractivity contribution in [2.24, 2.45) is 0 Å². The molecule has 0 aliphatic heterocycles. The monoisotopic (exact) mass is 322 g/mol. The normalized spacial score (nSPS) is 12.3. The summed E-state index contributed by atoms with van der Waals surface area (Å²) in [5.41, 5.74) is 1.99. The molecular formula is C14H17Cl3O2. The molecule has 1 aromatic carbocycles. The lowest BCUT2D eigenvalue weighted by atomic mass is 9.88. The van der Waals surface area contributed by atoms with Crippen LogP contribution < -0.4 is 0 Å². The predicted molar refractivity (Wildman–Crippen MR) is 80.8 cm³/mol. The van der Waals surface area contributed by atoms with Crippen molar-refractivity contribution in [1.29, 1.82) is 0 Å². The highest BCUT2D eigenvalue weighted by molar-refractivity contribution is 6.67. The number of alkyl halides is 3. The van der Waals surface area contributed by atoms with E-state index in [0.717, 1.165) is 5.56 Å². The lowest BCUT2D eigenvalue weighted by Gasteiger charge is -2.22. The van der Waals surface area contributed by atoms with Gasteiger partial charge in [0.1, 0.15) is 0 Å². The molecule has 0 bridgehead atoms. The standard InChI is InChI=1S/C14H17Cl3O2/c1-7(2)9-5-10(8(3)4)12(13(18)19)11(6-9)14(15,16)17/h5-8H,1-4H3,(H,18,19). The van der Waals surface area contributed by atoms with Crippen molar-refractivity contribution in [3.05, 3.63) is 34.4 Å². The lowest BCUT2D eigenvalue weighted by molar-refractivity contribution is 0.0694. The Kier molecular flexibility index (Phi) is 5.16. The van der Waals surface area contributed by atoms with Gasteiger partial charge in [-0.15, -0.1) is 0 Å². The highest BCUT2D eigenvalue weighted by atomic mass is 35.6. The van der Waals surface area contributed by atoms with E-state index in [1.807, 2.05) is 33.8 Å². The van der Waals surface area contributed by atoms with E-state index in [2.05, 4.69) is 0 Å². The molecule has 19 heavy (non-hydrogen) atoms. The van der Waals surface area contributed by atoms with E-state index >= 15 is 0 Å². The number of halogens is 3. The summed E-state index contributed by atoms with van der Waals surface area (Å²) in [6.07, 6.45) is 0. The average molecular weight is 324 g/mol. The van der Waals surface area contributed by atoms with Crippen molar-refractivity contribution >= 4 is 40.8 Å². The van der Waals surface area contributed by atoms with Gasteiger partial charge in [0.25, 0.3) is 0 Å². The van der Waals surface area contributed by atoms with Crippen LogP contribution in [0.3, 0.4) is 0 Å². The second-order valence-electron chi connectivity index (χ2n) is 5.15. The number of carbonyl (C=O) groups is 1. The summed E-state index contributed by atoms with van der Waals surface area (Å²) in [5.74, 6) is -0.803. The maximum absolute atomic E-state index is 11.5. The molecule has 1 rings (SSSR count). The summed E-state index contributed by atoms with van der Waals surface area (Å²) in [4.78, 5) is 11.5. The Labute approximate surface area is 128 Å². The van der Waals surface area contributed by atoms with Crippen LogP contribution in [-0.2, 0) is 3.79 Å². The minimum absolute atomic E-state index is 0.0379. The summed E-state index contributed by atoms with van der Waals surface area (Å²) in [6, 6.07) is 3.56. The number of hydrogen-bond donors (Lipinski definition) is 1. The van der Waals surface area contributed by atoms with Gasteiger partial charge >= 0.3 is 5.97 Å². The van der Waals surface area contributed by atoms with Gasteiger partial charge in [-0.25, -0.2) is 4.79 Å². The fourth-order valence-electron chi connectivity index (χ4n) is 1.94. The number of aromatic carboxylic acids is 1. The first-order valence-electron chi connectivity index (χ1n) is 6.04. The van der Waals surface area contributed by atoms with Gasteiger partial charge < -0.3 is 5.11 Å². The molecule has 1 aromatic rings. The van der Waals surface area contributed by atoms with Crippen LogP contribution in [0.25, 0.3) is 0 Å². The molecule has 0 amide bonds. The largest absolute Gasteiger partial charge is 0.478 e.